The molecule has 0 spiro atoms. The van der Waals surface area contributed by atoms with Crippen LogP contribution in [0, 0.1) is 5.41 Å². The second kappa shape index (κ2) is 3.71. The zero-order chi connectivity index (χ0) is 9.99. The van der Waals surface area contributed by atoms with Crippen LogP contribution in [0.5, 0.6) is 0 Å². The number of aldehydes is 1. The molecule has 0 saturated carbocycles. The van der Waals surface area contributed by atoms with Gasteiger partial charge in [0.05, 0.1) is 0 Å². The molecular weight excluding hydrogens is 168 g/mol. The lowest BCUT2D eigenvalue weighted by atomic mass is 9.79. The van der Waals surface area contributed by atoms with E-state index in [9.17, 15) is 4.79 Å². The topological polar surface area (TPSA) is 26.3 Å². The van der Waals surface area contributed by atoms with Gasteiger partial charge in [-0.25, -0.2) is 0 Å². The average Bonchev–Trinajstić information content (AvgIpc) is 1.83. The monoisotopic (exact) mass is 188 g/mol. The predicted octanol–water partition coefficient (Wildman–Crippen LogP) is 1.99. The quantitative estimate of drug-likeness (QED) is 0.500. The van der Waals surface area contributed by atoms with E-state index in [1.165, 1.54) is 0 Å². The molecule has 0 aliphatic carbocycles. The molecule has 0 rings (SSSR count). The van der Waals surface area contributed by atoms with Crippen molar-refractivity contribution in [1.82, 2.24) is 0 Å². The Balaban J connectivity index is 4.57. The lowest BCUT2D eigenvalue weighted by molar-refractivity contribution is -0.129. The normalized spacial score (nSPS) is 17.6. The fourth-order valence-corrected chi connectivity index (χ4v) is 2.26. The Kier molecular flexibility index (Phi) is 3.66. The van der Waals surface area contributed by atoms with E-state index in [1.54, 1.807) is 0 Å². The van der Waals surface area contributed by atoms with Gasteiger partial charge in [0.1, 0.15) is 5.60 Å². The van der Waals surface area contributed by atoms with Crippen molar-refractivity contribution in [3.05, 3.63) is 0 Å². The number of carbonyl (C=O) groups excluding carboxylic acids is 1. The van der Waals surface area contributed by atoms with Crippen molar-refractivity contribution in [2.45, 2.75) is 46.4 Å². The molecule has 0 N–H and O–H groups in total. The lowest BCUT2D eigenvalue weighted by Crippen LogP contribution is -2.46. The van der Waals surface area contributed by atoms with Gasteiger partial charge in [-0.3, -0.25) is 0 Å². The van der Waals surface area contributed by atoms with Crippen molar-refractivity contribution in [2.75, 3.05) is 0 Å². The zero-order valence-electron chi connectivity index (χ0n) is 8.97. The SMILES string of the molecule is C[SiH](C)OC(C)(C=O)C(C)(C)C. The molecule has 0 aliphatic heterocycles. The molecule has 0 aromatic heterocycles. The predicted molar refractivity (Wildman–Crippen MR) is 53.9 cm³/mol. The number of rotatable bonds is 3. The van der Waals surface area contributed by atoms with E-state index in [0.717, 1.165) is 6.29 Å². The number of carbonyl (C=O) groups is 1. The Labute approximate surface area is 77.0 Å². The first-order valence-corrected chi connectivity index (χ1v) is 7.15. The summed E-state index contributed by atoms with van der Waals surface area (Å²) in [5.41, 5.74) is -0.737. The second-order valence-electron chi connectivity index (χ2n) is 4.64. The zero-order valence-corrected chi connectivity index (χ0v) is 10.1. The van der Waals surface area contributed by atoms with E-state index in [1.807, 2.05) is 27.7 Å². The Morgan fingerprint density at radius 2 is 1.58 bits per heavy atom. The molecule has 0 aromatic rings. The van der Waals surface area contributed by atoms with Crippen LogP contribution < -0.4 is 0 Å². The van der Waals surface area contributed by atoms with Crippen molar-refractivity contribution in [1.29, 1.82) is 0 Å². The van der Waals surface area contributed by atoms with Crippen LogP contribution in [-0.4, -0.2) is 20.9 Å². The van der Waals surface area contributed by atoms with Crippen LogP contribution in [0.3, 0.4) is 0 Å². The summed E-state index contributed by atoms with van der Waals surface area (Å²) in [6, 6.07) is 0. The molecular formula is C9H20O2Si. The van der Waals surface area contributed by atoms with Gasteiger partial charge < -0.3 is 9.22 Å². The summed E-state index contributed by atoms with van der Waals surface area (Å²) >= 11 is 0. The van der Waals surface area contributed by atoms with Crippen molar-refractivity contribution >= 4 is 15.3 Å². The second-order valence-corrected chi connectivity index (χ2v) is 6.97. The van der Waals surface area contributed by atoms with Gasteiger partial charge in [-0.1, -0.05) is 20.8 Å². The Hall–Kier alpha value is -0.153. The van der Waals surface area contributed by atoms with Crippen molar-refractivity contribution in [2.24, 2.45) is 5.41 Å². The van der Waals surface area contributed by atoms with Gasteiger partial charge in [0.2, 0.25) is 0 Å². The summed E-state index contributed by atoms with van der Waals surface area (Å²) in [6.45, 7) is 12.1. The molecule has 2 nitrogen and oxygen atoms in total. The van der Waals surface area contributed by atoms with Crippen LogP contribution in [0.1, 0.15) is 27.7 Å². The van der Waals surface area contributed by atoms with Crippen LogP contribution in [0.25, 0.3) is 0 Å². The van der Waals surface area contributed by atoms with Crippen LogP contribution >= 0.6 is 0 Å². The molecule has 0 fully saturated rings. The van der Waals surface area contributed by atoms with Gasteiger partial charge in [0.25, 0.3) is 0 Å². The molecule has 0 aromatic carbocycles. The van der Waals surface area contributed by atoms with Crippen LogP contribution in [0.15, 0.2) is 0 Å². The minimum Gasteiger partial charge on any atom is -0.408 e. The van der Waals surface area contributed by atoms with Crippen LogP contribution in [-0.2, 0) is 9.22 Å². The van der Waals surface area contributed by atoms with Gasteiger partial charge in [0, 0.05) is 0 Å². The molecule has 0 heterocycles. The van der Waals surface area contributed by atoms with Gasteiger partial charge in [0.15, 0.2) is 15.3 Å². The van der Waals surface area contributed by atoms with Crippen molar-refractivity contribution in [3.8, 4) is 0 Å². The van der Waals surface area contributed by atoms with Crippen molar-refractivity contribution < 1.29 is 9.22 Å². The third-order valence-corrected chi connectivity index (χ3v) is 3.16. The maximum Gasteiger partial charge on any atom is 0.172 e. The molecule has 72 valence electrons. The van der Waals surface area contributed by atoms with Crippen molar-refractivity contribution in [3.63, 3.8) is 0 Å². The lowest BCUT2D eigenvalue weighted by Gasteiger charge is -2.38. The molecule has 3 heteroatoms. The highest BCUT2D eigenvalue weighted by atomic mass is 28.3. The smallest absolute Gasteiger partial charge is 0.172 e. The summed E-state index contributed by atoms with van der Waals surface area (Å²) in [5, 5.41) is 0. The highest BCUT2D eigenvalue weighted by Crippen LogP contribution is 2.32. The molecule has 0 saturated heterocycles. The molecule has 12 heavy (non-hydrogen) atoms. The van der Waals surface area contributed by atoms with Gasteiger partial charge >= 0.3 is 0 Å². The minimum atomic E-state index is -1.14. The van der Waals surface area contributed by atoms with E-state index in [2.05, 4.69) is 13.1 Å². The summed E-state index contributed by atoms with van der Waals surface area (Å²) in [7, 11) is -1.14. The maximum absolute atomic E-state index is 10.9. The molecule has 1 atom stereocenters. The van der Waals surface area contributed by atoms with E-state index < -0.39 is 14.6 Å². The van der Waals surface area contributed by atoms with Gasteiger partial charge in [-0.15, -0.1) is 0 Å². The standard InChI is InChI=1S/C9H20O2Si/c1-8(2,3)9(4,7-10)11-12(5)6/h7,12H,1-6H3. The Morgan fingerprint density at radius 1 is 1.17 bits per heavy atom. The van der Waals surface area contributed by atoms with E-state index in [4.69, 9.17) is 4.43 Å². The number of hydrogen-bond donors (Lipinski definition) is 0. The van der Waals surface area contributed by atoms with Gasteiger partial charge in [-0.05, 0) is 25.4 Å². The molecule has 0 radical (unpaired) electrons. The highest BCUT2D eigenvalue weighted by Gasteiger charge is 2.38. The third-order valence-electron chi connectivity index (χ3n) is 2.19. The first-order chi connectivity index (χ1) is 5.23. The first-order valence-electron chi connectivity index (χ1n) is 4.37. The summed E-state index contributed by atoms with van der Waals surface area (Å²) in [5.74, 6) is 0. The minimum absolute atomic E-state index is 0.119. The maximum atomic E-state index is 10.9. The Bertz CT molecular complexity index is 160. The fraction of sp³-hybridized carbons (Fsp3) is 0.889. The van der Waals surface area contributed by atoms with E-state index >= 15 is 0 Å². The highest BCUT2D eigenvalue weighted by molar-refractivity contribution is 6.48. The molecule has 0 amide bonds. The van der Waals surface area contributed by atoms with E-state index in [-0.39, 0.29) is 5.41 Å². The largest absolute Gasteiger partial charge is 0.408 e. The summed E-state index contributed by atoms with van der Waals surface area (Å²) < 4.78 is 5.72. The number of hydrogen-bond acceptors (Lipinski definition) is 2. The van der Waals surface area contributed by atoms with Crippen LogP contribution in [0.2, 0.25) is 13.1 Å². The average molecular weight is 188 g/mol. The first kappa shape index (κ1) is 11.8. The fourth-order valence-electron chi connectivity index (χ4n) is 0.871. The molecule has 1 unspecified atom stereocenters. The molecule has 0 bridgehead atoms. The molecule has 0 aliphatic rings. The Morgan fingerprint density at radius 3 is 1.67 bits per heavy atom. The third kappa shape index (κ3) is 2.72. The van der Waals surface area contributed by atoms with E-state index in [0.29, 0.717) is 0 Å². The van der Waals surface area contributed by atoms with Crippen LogP contribution in [0.4, 0.5) is 0 Å². The van der Waals surface area contributed by atoms with Gasteiger partial charge in [-0.2, -0.15) is 0 Å². The summed E-state index contributed by atoms with van der Waals surface area (Å²) in [4.78, 5) is 10.9. The summed E-state index contributed by atoms with van der Waals surface area (Å²) in [6.07, 6.45) is 0.931.